The van der Waals surface area contributed by atoms with Gasteiger partial charge in [-0.25, -0.2) is 13.1 Å². The maximum absolute atomic E-state index is 12.3. The van der Waals surface area contributed by atoms with Crippen molar-refractivity contribution in [1.82, 2.24) is 15.0 Å². The Kier molecular flexibility index (Phi) is 5.72. The highest BCUT2D eigenvalue weighted by atomic mass is 32.2. The molecule has 0 saturated heterocycles. The largest absolute Gasteiger partial charge is 0.359 e. The Balaban J connectivity index is 1.90. The summed E-state index contributed by atoms with van der Waals surface area (Å²) >= 11 is 0. The second kappa shape index (κ2) is 7.37. The normalized spacial score (nSPS) is 12.5. The van der Waals surface area contributed by atoms with E-state index in [1.807, 2.05) is 0 Å². The highest BCUT2D eigenvalue weighted by molar-refractivity contribution is 7.90. The second-order valence-electron chi connectivity index (χ2n) is 6.67. The Bertz CT molecular complexity index is 724. The van der Waals surface area contributed by atoms with Gasteiger partial charge in [-0.3, -0.25) is 0 Å². The third kappa shape index (κ3) is 5.89. The van der Waals surface area contributed by atoms with Crippen LogP contribution in [-0.2, 0) is 27.1 Å². The highest BCUT2D eigenvalue weighted by Crippen LogP contribution is 2.14. The fourth-order valence-corrected chi connectivity index (χ4v) is 3.93. The summed E-state index contributed by atoms with van der Waals surface area (Å²) in [5, 5.41) is 7.83. The van der Waals surface area contributed by atoms with Gasteiger partial charge in [0.15, 0.2) is 9.84 Å². The number of ether oxygens (including phenoxy) is 1. The van der Waals surface area contributed by atoms with Crippen LogP contribution in [-0.4, -0.2) is 38.1 Å². The maximum atomic E-state index is 12.3. The van der Waals surface area contributed by atoms with E-state index in [1.54, 1.807) is 36.5 Å². The first-order valence-corrected chi connectivity index (χ1v) is 12.9. The van der Waals surface area contributed by atoms with Gasteiger partial charge in [0.1, 0.15) is 12.5 Å². The third-order valence-corrected chi connectivity index (χ3v) is 6.62. The highest BCUT2D eigenvalue weighted by Gasteiger charge is 2.17. The number of rotatable bonds is 8. The Morgan fingerprint density at radius 1 is 1.17 bits per heavy atom. The smallest absolute Gasteiger partial charge is 0.184 e. The summed E-state index contributed by atoms with van der Waals surface area (Å²) < 4.78 is 31.7. The van der Waals surface area contributed by atoms with Crippen LogP contribution in [0.1, 0.15) is 5.69 Å². The topological polar surface area (TPSA) is 74.1 Å². The summed E-state index contributed by atoms with van der Waals surface area (Å²) in [6.45, 7) is 7.85. The lowest BCUT2D eigenvalue weighted by Gasteiger charge is -2.15. The van der Waals surface area contributed by atoms with Gasteiger partial charge in [0, 0.05) is 14.7 Å². The van der Waals surface area contributed by atoms with Crippen LogP contribution in [0.5, 0.6) is 0 Å². The first-order valence-electron chi connectivity index (χ1n) is 7.51. The van der Waals surface area contributed by atoms with Gasteiger partial charge in [-0.1, -0.05) is 43.1 Å². The molecule has 8 heteroatoms. The van der Waals surface area contributed by atoms with Crippen molar-refractivity contribution in [3.8, 4) is 0 Å². The predicted octanol–water partition coefficient (Wildman–Crippen LogP) is 2.56. The van der Waals surface area contributed by atoms with Gasteiger partial charge in [0.05, 0.1) is 16.8 Å². The molecule has 1 aromatic carbocycles. The summed E-state index contributed by atoms with van der Waals surface area (Å²) in [6, 6.07) is 9.44. The van der Waals surface area contributed by atoms with Crippen LogP contribution < -0.4 is 0 Å². The van der Waals surface area contributed by atoms with E-state index in [4.69, 9.17) is 4.74 Å². The van der Waals surface area contributed by atoms with E-state index in [0.717, 1.165) is 6.04 Å². The molecule has 0 saturated carbocycles. The summed E-state index contributed by atoms with van der Waals surface area (Å²) in [7, 11) is -4.50. The Morgan fingerprint density at radius 3 is 2.52 bits per heavy atom. The molecule has 23 heavy (non-hydrogen) atoms. The molecule has 0 aliphatic rings. The van der Waals surface area contributed by atoms with Crippen LogP contribution in [0.2, 0.25) is 25.7 Å². The van der Waals surface area contributed by atoms with Crippen molar-refractivity contribution >= 4 is 17.9 Å². The molecule has 1 heterocycles. The monoisotopic (exact) mass is 353 g/mol. The van der Waals surface area contributed by atoms with E-state index in [-0.39, 0.29) is 5.75 Å². The molecule has 0 atom stereocenters. The zero-order valence-electron chi connectivity index (χ0n) is 13.8. The SMILES string of the molecule is C[Si](C)(C)CCOCn1cc(CS(=O)(=O)c2ccccc2)nn1. The van der Waals surface area contributed by atoms with E-state index in [1.165, 1.54) is 4.68 Å². The van der Waals surface area contributed by atoms with Crippen molar-refractivity contribution in [2.24, 2.45) is 0 Å². The van der Waals surface area contributed by atoms with Crippen molar-refractivity contribution in [3.05, 3.63) is 42.2 Å². The number of hydrogen-bond donors (Lipinski definition) is 0. The molecule has 0 radical (unpaired) electrons. The number of benzene rings is 1. The van der Waals surface area contributed by atoms with Crippen LogP contribution in [0.25, 0.3) is 0 Å². The minimum atomic E-state index is -3.40. The van der Waals surface area contributed by atoms with Crippen molar-refractivity contribution in [2.45, 2.75) is 43.1 Å². The lowest BCUT2D eigenvalue weighted by Crippen LogP contribution is -2.22. The zero-order valence-corrected chi connectivity index (χ0v) is 15.6. The summed E-state index contributed by atoms with van der Waals surface area (Å²) in [6.07, 6.45) is 1.62. The predicted molar refractivity (Wildman–Crippen MR) is 91.5 cm³/mol. The van der Waals surface area contributed by atoms with E-state index < -0.39 is 17.9 Å². The van der Waals surface area contributed by atoms with E-state index >= 15 is 0 Å². The lowest BCUT2D eigenvalue weighted by molar-refractivity contribution is 0.0772. The molecule has 126 valence electrons. The molecule has 2 rings (SSSR count). The van der Waals surface area contributed by atoms with Crippen molar-refractivity contribution in [3.63, 3.8) is 0 Å². The molecule has 0 bridgehead atoms. The second-order valence-corrected chi connectivity index (χ2v) is 14.3. The van der Waals surface area contributed by atoms with Crippen molar-refractivity contribution in [2.75, 3.05) is 6.61 Å². The van der Waals surface area contributed by atoms with Gasteiger partial charge in [0.2, 0.25) is 0 Å². The van der Waals surface area contributed by atoms with Gasteiger partial charge < -0.3 is 4.74 Å². The minimum Gasteiger partial charge on any atom is -0.359 e. The van der Waals surface area contributed by atoms with Crippen LogP contribution >= 0.6 is 0 Å². The Hall–Kier alpha value is -1.51. The molecule has 0 fully saturated rings. The fourth-order valence-electron chi connectivity index (χ4n) is 1.91. The number of hydrogen-bond acceptors (Lipinski definition) is 5. The molecule has 6 nitrogen and oxygen atoms in total. The molecule has 0 aliphatic carbocycles. The molecule has 1 aromatic heterocycles. The maximum Gasteiger partial charge on any atom is 0.184 e. The minimum absolute atomic E-state index is 0.161. The lowest BCUT2D eigenvalue weighted by atomic mass is 10.4. The number of aromatic nitrogens is 3. The zero-order chi connectivity index (χ0) is 16.9. The molecule has 0 aliphatic heterocycles. The molecular formula is C15H23N3O3SSi. The molecule has 2 aromatic rings. The molecule has 0 spiro atoms. The van der Waals surface area contributed by atoms with Gasteiger partial charge in [-0.15, -0.1) is 5.10 Å². The number of sulfone groups is 1. The molecular weight excluding hydrogens is 330 g/mol. The van der Waals surface area contributed by atoms with Crippen LogP contribution in [0, 0.1) is 0 Å². The van der Waals surface area contributed by atoms with Crippen LogP contribution in [0.4, 0.5) is 0 Å². The average molecular weight is 354 g/mol. The molecule has 0 amide bonds. The first-order chi connectivity index (χ1) is 10.8. The number of nitrogens with zero attached hydrogens (tertiary/aromatic N) is 3. The van der Waals surface area contributed by atoms with E-state index in [9.17, 15) is 8.42 Å². The fraction of sp³-hybridized carbons (Fsp3) is 0.467. The molecule has 0 N–H and O–H groups in total. The van der Waals surface area contributed by atoms with Gasteiger partial charge >= 0.3 is 0 Å². The van der Waals surface area contributed by atoms with Crippen molar-refractivity contribution < 1.29 is 13.2 Å². The summed E-state index contributed by atoms with van der Waals surface area (Å²) in [5.74, 6) is -0.161. The summed E-state index contributed by atoms with van der Waals surface area (Å²) in [5.41, 5.74) is 0.419. The summed E-state index contributed by atoms with van der Waals surface area (Å²) in [4.78, 5) is 0.293. The third-order valence-electron chi connectivity index (χ3n) is 3.25. The van der Waals surface area contributed by atoms with Gasteiger partial charge in [-0.05, 0) is 18.2 Å². The average Bonchev–Trinajstić information content (AvgIpc) is 2.90. The van der Waals surface area contributed by atoms with Crippen molar-refractivity contribution in [1.29, 1.82) is 0 Å². The standard InChI is InChI=1S/C15H23N3O3SSi/c1-23(2,3)10-9-21-13-18-11-14(16-17-18)12-22(19,20)15-7-5-4-6-8-15/h4-8,11H,9-10,12-13H2,1-3H3. The quantitative estimate of drug-likeness (QED) is 0.538. The van der Waals surface area contributed by atoms with E-state index in [2.05, 4.69) is 30.0 Å². The van der Waals surface area contributed by atoms with Crippen LogP contribution in [0.3, 0.4) is 0 Å². The first kappa shape index (κ1) is 17.8. The van der Waals surface area contributed by atoms with E-state index in [0.29, 0.717) is 23.9 Å². The Labute approximate surface area is 138 Å². The van der Waals surface area contributed by atoms with Crippen LogP contribution in [0.15, 0.2) is 41.4 Å². The van der Waals surface area contributed by atoms with Gasteiger partial charge in [0.25, 0.3) is 0 Å². The molecule has 0 unspecified atom stereocenters. The Morgan fingerprint density at radius 2 is 1.87 bits per heavy atom. The van der Waals surface area contributed by atoms with Gasteiger partial charge in [-0.2, -0.15) is 0 Å².